The fraction of sp³-hybridized carbons (Fsp3) is 0.600. The van der Waals surface area contributed by atoms with Crippen LogP contribution in [0.25, 0.3) is 0 Å². The van der Waals surface area contributed by atoms with Crippen LogP contribution < -0.4 is 10.2 Å². The molecule has 1 saturated heterocycles. The van der Waals surface area contributed by atoms with Gasteiger partial charge in [0, 0.05) is 35.4 Å². The molecule has 1 unspecified atom stereocenters. The topological polar surface area (TPSA) is 35.5 Å². The summed E-state index contributed by atoms with van der Waals surface area (Å²) < 4.78 is 0. The first-order valence-corrected chi connectivity index (χ1v) is 7.55. The van der Waals surface area contributed by atoms with Crippen LogP contribution in [0.2, 0.25) is 5.02 Å². The van der Waals surface area contributed by atoms with E-state index in [2.05, 4.69) is 16.3 Å². The molecule has 3 rings (SSSR count). The van der Waals surface area contributed by atoms with Crippen molar-refractivity contribution in [3.8, 4) is 0 Å². The number of nitrogens with one attached hydrogen (secondary N) is 1. The normalized spacial score (nSPS) is 23.1. The molecule has 1 aromatic rings. The van der Waals surface area contributed by atoms with Gasteiger partial charge in [0.25, 0.3) is 0 Å². The van der Waals surface area contributed by atoms with Gasteiger partial charge < -0.3 is 15.3 Å². The van der Waals surface area contributed by atoms with Crippen LogP contribution in [0.1, 0.15) is 31.2 Å². The summed E-state index contributed by atoms with van der Waals surface area (Å²) >= 11 is 6.37. The maximum absolute atomic E-state index is 9.50. The SMILES string of the molecule is OCC1CCCN1c1cccc(Cl)c1CNC1CC1. The van der Waals surface area contributed by atoms with E-state index in [9.17, 15) is 5.11 Å². The van der Waals surface area contributed by atoms with Crippen molar-refractivity contribution in [2.45, 2.75) is 44.3 Å². The maximum Gasteiger partial charge on any atom is 0.0635 e. The summed E-state index contributed by atoms with van der Waals surface area (Å²) in [6, 6.07) is 7.02. The lowest BCUT2D eigenvalue weighted by atomic mass is 10.1. The molecule has 2 N–H and O–H groups in total. The first kappa shape index (κ1) is 13.2. The van der Waals surface area contributed by atoms with E-state index in [0.717, 1.165) is 31.0 Å². The number of hydrogen-bond acceptors (Lipinski definition) is 3. The molecule has 4 heteroatoms. The smallest absolute Gasteiger partial charge is 0.0635 e. The van der Waals surface area contributed by atoms with Crippen LogP contribution in [0.15, 0.2) is 18.2 Å². The van der Waals surface area contributed by atoms with Crippen LogP contribution in [-0.2, 0) is 6.54 Å². The summed E-state index contributed by atoms with van der Waals surface area (Å²) in [5.41, 5.74) is 2.37. The van der Waals surface area contributed by atoms with E-state index in [1.807, 2.05) is 12.1 Å². The van der Waals surface area contributed by atoms with Gasteiger partial charge in [-0.15, -0.1) is 0 Å². The Labute approximate surface area is 119 Å². The zero-order valence-corrected chi connectivity index (χ0v) is 11.9. The third-order valence-electron chi connectivity index (χ3n) is 4.14. The van der Waals surface area contributed by atoms with Crippen LogP contribution in [-0.4, -0.2) is 30.3 Å². The number of aliphatic hydroxyl groups excluding tert-OH is 1. The molecule has 1 atom stereocenters. The van der Waals surface area contributed by atoms with Gasteiger partial charge in [-0.3, -0.25) is 0 Å². The number of halogens is 1. The second-order valence-electron chi connectivity index (χ2n) is 5.56. The number of hydrogen-bond donors (Lipinski definition) is 2. The largest absolute Gasteiger partial charge is 0.394 e. The lowest BCUT2D eigenvalue weighted by molar-refractivity contribution is 0.266. The number of anilines is 1. The van der Waals surface area contributed by atoms with Gasteiger partial charge in [-0.1, -0.05) is 17.7 Å². The molecule has 0 amide bonds. The Kier molecular flexibility index (Phi) is 3.96. The van der Waals surface area contributed by atoms with Gasteiger partial charge in [-0.2, -0.15) is 0 Å². The van der Waals surface area contributed by atoms with E-state index < -0.39 is 0 Å². The van der Waals surface area contributed by atoms with Crippen molar-refractivity contribution in [1.82, 2.24) is 5.32 Å². The molecule has 2 aliphatic rings. The van der Waals surface area contributed by atoms with Crippen molar-refractivity contribution in [1.29, 1.82) is 0 Å². The molecular formula is C15H21ClN2O. The summed E-state index contributed by atoms with van der Waals surface area (Å²) in [4.78, 5) is 2.32. The molecule has 3 nitrogen and oxygen atoms in total. The lowest BCUT2D eigenvalue weighted by Crippen LogP contribution is -2.33. The zero-order valence-electron chi connectivity index (χ0n) is 11.1. The Bertz CT molecular complexity index is 448. The Hall–Kier alpha value is -0.770. The number of nitrogens with zero attached hydrogens (tertiary/aromatic N) is 1. The molecule has 19 heavy (non-hydrogen) atoms. The maximum atomic E-state index is 9.50. The fourth-order valence-electron chi connectivity index (χ4n) is 2.87. The van der Waals surface area contributed by atoms with E-state index in [1.165, 1.54) is 24.1 Å². The number of rotatable bonds is 5. The highest BCUT2D eigenvalue weighted by molar-refractivity contribution is 6.31. The molecule has 0 bridgehead atoms. The molecule has 0 spiro atoms. The first-order chi connectivity index (χ1) is 9.29. The van der Waals surface area contributed by atoms with E-state index in [0.29, 0.717) is 6.04 Å². The third kappa shape index (κ3) is 2.88. The van der Waals surface area contributed by atoms with Crippen molar-refractivity contribution in [3.63, 3.8) is 0 Å². The van der Waals surface area contributed by atoms with E-state index >= 15 is 0 Å². The molecule has 1 aliphatic heterocycles. The average molecular weight is 281 g/mol. The highest BCUT2D eigenvalue weighted by atomic mass is 35.5. The van der Waals surface area contributed by atoms with Gasteiger partial charge in [0.1, 0.15) is 0 Å². The van der Waals surface area contributed by atoms with Crippen LogP contribution in [0.4, 0.5) is 5.69 Å². The van der Waals surface area contributed by atoms with Crippen molar-refractivity contribution >= 4 is 17.3 Å². The van der Waals surface area contributed by atoms with Gasteiger partial charge in [-0.25, -0.2) is 0 Å². The fourth-order valence-corrected chi connectivity index (χ4v) is 3.10. The lowest BCUT2D eigenvalue weighted by Gasteiger charge is -2.28. The second kappa shape index (κ2) is 5.70. The van der Waals surface area contributed by atoms with Crippen LogP contribution in [0.5, 0.6) is 0 Å². The number of aliphatic hydroxyl groups is 1. The molecule has 2 fully saturated rings. The van der Waals surface area contributed by atoms with Gasteiger partial charge in [0.05, 0.1) is 12.6 Å². The van der Waals surface area contributed by atoms with Crippen molar-refractivity contribution < 1.29 is 5.11 Å². The summed E-state index contributed by atoms with van der Waals surface area (Å²) in [7, 11) is 0. The number of benzene rings is 1. The van der Waals surface area contributed by atoms with Crippen LogP contribution >= 0.6 is 11.6 Å². The van der Waals surface area contributed by atoms with E-state index in [1.54, 1.807) is 0 Å². The minimum atomic E-state index is 0.224. The molecule has 104 valence electrons. The third-order valence-corrected chi connectivity index (χ3v) is 4.49. The summed E-state index contributed by atoms with van der Waals surface area (Å²) in [6.07, 6.45) is 4.78. The van der Waals surface area contributed by atoms with Crippen molar-refractivity contribution in [2.75, 3.05) is 18.1 Å². The van der Waals surface area contributed by atoms with Gasteiger partial charge >= 0.3 is 0 Å². The summed E-state index contributed by atoms with van der Waals surface area (Å²) in [5.74, 6) is 0. The Balaban J connectivity index is 1.83. The van der Waals surface area contributed by atoms with Crippen molar-refractivity contribution in [2.24, 2.45) is 0 Å². The van der Waals surface area contributed by atoms with Crippen molar-refractivity contribution in [3.05, 3.63) is 28.8 Å². The molecule has 1 heterocycles. The Morgan fingerprint density at radius 2 is 2.16 bits per heavy atom. The summed E-state index contributed by atoms with van der Waals surface area (Å²) in [5, 5.41) is 13.9. The van der Waals surface area contributed by atoms with Crippen LogP contribution in [0, 0.1) is 0 Å². The van der Waals surface area contributed by atoms with E-state index in [-0.39, 0.29) is 12.6 Å². The Morgan fingerprint density at radius 3 is 2.89 bits per heavy atom. The molecule has 0 aromatic heterocycles. The minimum absolute atomic E-state index is 0.224. The molecule has 1 aliphatic carbocycles. The van der Waals surface area contributed by atoms with Gasteiger partial charge in [0.2, 0.25) is 0 Å². The predicted octanol–water partition coefficient (Wildman–Crippen LogP) is 2.55. The highest BCUT2D eigenvalue weighted by Crippen LogP contribution is 2.33. The molecular weight excluding hydrogens is 260 g/mol. The summed E-state index contributed by atoms with van der Waals surface area (Å²) in [6.45, 7) is 2.07. The van der Waals surface area contributed by atoms with Gasteiger partial charge in [-0.05, 0) is 37.8 Å². The predicted molar refractivity (Wildman–Crippen MR) is 78.8 cm³/mol. The monoisotopic (exact) mass is 280 g/mol. The molecule has 1 aromatic carbocycles. The quantitative estimate of drug-likeness (QED) is 0.870. The van der Waals surface area contributed by atoms with E-state index in [4.69, 9.17) is 11.6 Å². The standard InChI is InChI=1S/C15H21ClN2O/c16-14-4-1-5-15(13(14)9-17-11-6-7-11)18-8-2-3-12(18)10-19/h1,4-5,11-12,17,19H,2-3,6-10H2. The minimum Gasteiger partial charge on any atom is -0.394 e. The molecule has 0 radical (unpaired) electrons. The zero-order chi connectivity index (χ0) is 13.2. The van der Waals surface area contributed by atoms with Crippen LogP contribution in [0.3, 0.4) is 0 Å². The first-order valence-electron chi connectivity index (χ1n) is 7.18. The second-order valence-corrected chi connectivity index (χ2v) is 5.97. The Morgan fingerprint density at radius 1 is 1.32 bits per heavy atom. The average Bonchev–Trinajstić information content (AvgIpc) is 3.12. The van der Waals surface area contributed by atoms with Gasteiger partial charge in [0.15, 0.2) is 0 Å². The molecule has 1 saturated carbocycles. The highest BCUT2D eigenvalue weighted by Gasteiger charge is 2.27.